The first-order valence-corrected chi connectivity index (χ1v) is 6.02. The summed E-state index contributed by atoms with van der Waals surface area (Å²) in [7, 11) is 1.46. The van der Waals surface area contributed by atoms with E-state index in [1.165, 1.54) is 12.0 Å². The molecule has 0 heterocycles. The molecule has 0 spiro atoms. The fourth-order valence-corrected chi connectivity index (χ4v) is 1.58. The van der Waals surface area contributed by atoms with E-state index in [9.17, 15) is 9.59 Å². The topological polar surface area (TPSA) is 66.8 Å². The van der Waals surface area contributed by atoms with Gasteiger partial charge in [0.05, 0.1) is 6.42 Å². The predicted octanol–water partition coefficient (Wildman–Crippen LogP) is 1.92. The number of carboxylic acid groups (broad SMARTS) is 1. The van der Waals surface area contributed by atoms with Crippen LogP contribution in [0.25, 0.3) is 0 Å². The molecule has 1 N–H and O–H groups in total. The lowest BCUT2D eigenvalue weighted by atomic mass is 10.1. The number of aliphatic carboxylic acids is 1. The van der Waals surface area contributed by atoms with Crippen molar-refractivity contribution in [3.8, 4) is 0 Å². The number of hydrogen-bond donors (Lipinski definition) is 1. The van der Waals surface area contributed by atoms with E-state index in [2.05, 4.69) is 0 Å². The molecular weight excluding hydrogens is 246 g/mol. The van der Waals surface area contributed by atoms with Crippen LogP contribution in [-0.2, 0) is 14.3 Å². The summed E-state index contributed by atoms with van der Waals surface area (Å²) < 4.78 is 5.17. The molecule has 1 aromatic carbocycles. The van der Waals surface area contributed by atoms with E-state index >= 15 is 0 Å². The molecule has 0 aliphatic carbocycles. The van der Waals surface area contributed by atoms with Crippen LogP contribution in [-0.4, -0.2) is 36.2 Å². The fourth-order valence-electron chi connectivity index (χ4n) is 1.58. The van der Waals surface area contributed by atoms with E-state index in [4.69, 9.17) is 9.84 Å². The average molecular weight is 265 g/mol. The van der Waals surface area contributed by atoms with Gasteiger partial charge in [-0.25, -0.2) is 0 Å². The second-order valence-corrected chi connectivity index (χ2v) is 4.65. The summed E-state index contributed by atoms with van der Waals surface area (Å²) in [5.41, 5.74) is -0.326. The number of anilines is 1. The van der Waals surface area contributed by atoms with Gasteiger partial charge in [-0.15, -0.1) is 0 Å². The Bertz CT molecular complexity index is 442. The number of benzene rings is 1. The van der Waals surface area contributed by atoms with Crippen molar-refractivity contribution < 1.29 is 19.4 Å². The molecule has 0 aromatic heterocycles. The first-order chi connectivity index (χ1) is 8.88. The Morgan fingerprint density at radius 2 is 1.84 bits per heavy atom. The maximum Gasteiger partial charge on any atom is 0.305 e. The molecule has 19 heavy (non-hydrogen) atoms. The van der Waals surface area contributed by atoms with Gasteiger partial charge in [0.1, 0.15) is 5.60 Å². The molecule has 0 bridgehead atoms. The van der Waals surface area contributed by atoms with Crippen molar-refractivity contribution in [2.75, 3.05) is 18.6 Å². The van der Waals surface area contributed by atoms with Crippen molar-refractivity contribution in [3.63, 3.8) is 0 Å². The van der Waals surface area contributed by atoms with Crippen molar-refractivity contribution in [2.24, 2.45) is 0 Å². The number of nitrogens with zero attached hydrogens (tertiary/aromatic N) is 1. The van der Waals surface area contributed by atoms with Gasteiger partial charge in [0, 0.05) is 19.3 Å². The van der Waals surface area contributed by atoms with Crippen LogP contribution in [0, 0.1) is 0 Å². The number of hydrogen-bond acceptors (Lipinski definition) is 3. The second-order valence-electron chi connectivity index (χ2n) is 4.65. The number of carboxylic acids is 1. The van der Waals surface area contributed by atoms with Crippen molar-refractivity contribution >= 4 is 17.6 Å². The zero-order chi connectivity index (χ0) is 14.5. The molecule has 0 aliphatic rings. The van der Waals surface area contributed by atoms with Crippen LogP contribution < -0.4 is 4.90 Å². The van der Waals surface area contributed by atoms with Crippen LogP contribution in [0.3, 0.4) is 0 Å². The van der Waals surface area contributed by atoms with E-state index < -0.39 is 11.6 Å². The van der Waals surface area contributed by atoms with Crippen molar-refractivity contribution in [2.45, 2.75) is 25.9 Å². The Morgan fingerprint density at radius 1 is 1.26 bits per heavy atom. The third kappa shape index (κ3) is 4.06. The average Bonchev–Trinajstić information content (AvgIpc) is 2.39. The van der Waals surface area contributed by atoms with Crippen LogP contribution in [0.2, 0.25) is 0 Å². The number of methoxy groups -OCH3 is 1. The lowest BCUT2D eigenvalue weighted by molar-refractivity contribution is -0.138. The molecule has 1 aromatic rings. The summed E-state index contributed by atoms with van der Waals surface area (Å²) in [6, 6.07) is 8.98. The highest BCUT2D eigenvalue weighted by atomic mass is 16.5. The highest BCUT2D eigenvalue weighted by molar-refractivity contribution is 5.99. The van der Waals surface area contributed by atoms with Gasteiger partial charge in [-0.2, -0.15) is 0 Å². The van der Waals surface area contributed by atoms with Crippen molar-refractivity contribution in [3.05, 3.63) is 30.3 Å². The molecule has 1 rings (SSSR count). The minimum atomic E-state index is -0.992. The number of amides is 1. The molecule has 0 fully saturated rings. The molecule has 5 nitrogen and oxygen atoms in total. The van der Waals surface area contributed by atoms with Gasteiger partial charge in [0.25, 0.3) is 5.91 Å². The van der Waals surface area contributed by atoms with E-state index in [1.54, 1.807) is 38.1 Å². The van der Waals surface area contributed by atoms with Gasteiger partial charge in [-0.1, -0.05) is 18.2 Å². The van der Waals surface area contributed by atoms with Gasteiger partial charge in [-0.05, 0) is 26.0 Å². The summed E-state index contributed by atoms with van der Waals surface area (Å²) in [5.74, 6) is -1.20. The van der Waals surface area contributed by atoms with Crippen molar-refractivity contribution in [1.29, 1.82) is 0 Å². The Balaban J connectivity index is 2.99. The number of rotatable bonds is 6. The minimum Gasteiger partial charge on any atom is -0.481 e. The zero-order valence-corrected chi connectivity index (χ0v) is 11.4. The van der Waals surface area contributed by atoms with Crippen LogP contribution in [0.1, 0.15) is 20.3 Å². The Hall–Kier alpha value is -1.88. The van der Waals surface area contributed by atoms with Crippen molar-refractivity contribution in [1.82, 2.24) is 0 Å². The first-order valence-electron chi connectivity index (χ1n) is 6.02. The summed E-state index contributed by atoms with van der Waals surface area (Å²) in [4.78, 5) is 24.6. The van der Waals surface area contributed by atoms with Gasteiger partial charge in [-0.3, -0.25) is 9.59 Å². The zero-order valence-electron chi connectivity index (χ0n) is 11.4. The third-order valence-electron chi connectivity index (χ3n) is 2.89. The van der Waals surface area contributed by atoms with Gasteiger partial charge >= 0.3 is 5.97 Å². The van der Waals surface area contributed by atoms with E-state index in [1.807, 2.05) is 6.07 Å². The molecule has 104 valence electrons. The molecule has 1 amide bonds. The molecule has 5 heteroatoms. The van der Waals surface area contributed by atoms with Gasteiger partial charge in [0.15, 0.2) is 0 Å². The first kappa shape index (κ1) is 15.2. The third-order valence-corrected chi connectivity index (χ3v) is 2.89. The molecule has 0 atom stereocenters. The van der Waals surface area contributed by atoms with Gasteiger partial charge < -0.3 is 14.7 Å². The Labute approximate surface area is 112 Å². The lowest BCUT2D eigenvalue weighted by Crippen LogP contribution is -2.47. The summed E-state index contributed by atoms with van der Waals surface area (Å²) >= 11 is 0. The standard InChI is InChI=1S/C14H19NO4/c1-14(2,19-3)13(18)15(10-9-12(16)17)11-7-5-4-6-8-11/h4-8H,9-10H2,1-3H3,(H,16,17). The van der Waals surface area contributed by atoms with E-state index in [-0.39, 0.29) is 18.9 Å². The second kappa shape index (κ2) is 6.33. The maximum absolute atomic E-state index is 12.4. The molecule has 0 radical (unpaired) electrons. The van der Waals surface area contributed by atoms with Crippen LogP contribution in [0.5, 0.6) is 0 Å². The number of para-hydroxylation sites is 1. The monoisotopic (exact) mass is 265 g/mol. The van der Waals surface area contributed by atoms with Gasteiger partial charge in [0.2, 0.25) is 0 Å². The molecule has 0 saturated carbocycles. The van der Waals surface area contributed by atoms with E-state index in [0.717, 1.165) is 0 Å². The SMILES string of the molecule is COC(C)(C)C(=O)N(CCC(=O)O)c1ccccc1. The van der Waals surface area contributed by atoms with Crippen LogP contribution >= 0.6 is 0 Å². The van der Waals surface area contributed by atoms with E-state index in [0.29, 0.717) is 5.69 Å². The molecular formula is C14H19NO4. The normalized spacial score (nSPS) is 11.1. The highest BCUT2D eigenvalue weighted by Crippen LogP contribution is 2.20. The molecule has 0 aliphatic heterocycles. The summed E-state index contributed by atoms with van der Waals surface area (Å²) in [6.45, 7) is 3.43. The minimum absolute atomic E-state index is 0.111. The summed E-state index contributed by atoms with van der Waals surface area (Å²) in [6.07, 6.45) is -0.111. The summed E-state index contributed by atoms with van der Waals surface area (Å²) in [5, 5.41) is 8.78. The smallest absolute Gasteiger partial charge is 0.305 e. The molecule has 0 saturated heterocycles. The fraction of sp³-hybridized carbons (Fsp3) is 0.429. The quantitative estimate of drug-likeness (QED) is 0.853. The lowest BCUT2D eigenvalue weighted by Gasteiger charge is -2.30. The van der Waals surface area contributed by atoms with Crippen LogP contribution in [0.15, 0.2) is 30.3 Å². The Morgan fingerprint density at radius 3 is 2.32 bits per heavy atom. The predicted molar refractivity (Wildman–Crippen MR) is 72.1 cm³/mol. The number of carbonyl (C=O) groups excluding carboxylic acids is 1. The maximum atomic E-state index is 12.4. The van der Waals surface area contributed by atoms with Crippen LogP contribution in [0.4, 0.5) is 5.69 Å². The largest absolute Gasteiger partial charge is 0.481 e. The Kier molecular flexibility index (Phi) is 5.06. The number of ether oxygens (including phenoxy) is 1. The molecule has 0 unspecified atom stereocenters. The number of carbonyl (C=O) groups is 2. The highest BCUT2D eigenvalue weighted by Gasteiger charge is 2.32.